The molecule has 135 heavy (non-hydrogen) atoms. The zero-order valence-corrected chi connectivity index (χ0v) is 75.1. The number of fused-ring (bicyclic) bond motifs is 13. The Morgan fingerprint density at radius 3 is 0.741 bits per heavy atom. The molecule has 0 fully saturated rings. The van der Waals surface area contributed by atoms with Crippen LogP contribution in [0, 0.1) is 0 Å². The third-order valence-electron chi connectivity index (χ3n) is 27.5. The van der Waals surface area contributed by atoms with Crippen molar-refractivity contribution in [1.29, 1.82) is 0 Å². The lowest BCUT2D eigenvalue weighted by Gasteiger charge is -2.28. The van der Waals surface area contributed by atoms with Gasteiger partial charge in [0, 0.05) is 117 Å². The summed E-state index contributed by atoms with van der Waals surface area (Å²) in [5.41, 5.74) is 17.1. The van der Waals surface area contributed by atoms with Crippen LogP contribution in [0.4, 0.5) is 85.3 Å². The van der Waals surface area contributed by atoms with Gasteiger partial charge in [-0.1, -0.05) is 322 Å². The van der Waals surface area contributed by atoms with Gasteiger partial charge in [0.15, 0.2) is 0 Å². The van der Waals surface area contributed by atoms with Crippen molar-refractivity contribution in [2.75, 3.05) is 50.5 Å². The Balaban J connectivity index is 0.000000111. The monoisotopic (exact) mass is 1720 g/mol. The van der Waals surface area contributed by atoms with Gasteiger partial charge in [0.2, 0.25) is 0 Å². The van der Waals surface area contributed by atoms with E-state index in [-0.39, 0.29) is 0 Å². The Morgan fingerprint density at radius 2 is 0.348 bits per heavy atom. The van der Waals surface area contributed by atoms with Gasteiger partial charge < -0.3 is 29.4 Å². The molecule has 0 aliphatic carbocycles. The van der Waals surface area contributed by atoms with E-state index in [1.165, 1.54) is 162 Å². The van der Waals surface area contributed by atoms with Crippen molar-refractivity contribution in [3.8, 4) is 0 Å². The van der Waals surface area contributed by atoms with Crippen molar-refractivity contribution in [3.05, 3.63) is 504 Å². The molecular weight excluding hydrogens is 1630 g/mol. The highest BCUT2D eigenvalue weighted by atomic mass is 15.2. The molecule has 0 radical (unpaired) electrons. The predicted molar refractivity (Wildman–Crippen MR) is 583 cm³/mol. The molecule has 26 aromatic rings. The maximum atomic E-state index is 2.36. The molecule has 0 atom stereocenters. The summed E-state index contributed by atoms with van der Waals surface area (Å²) in [6.45, 7) is 0. The largest absolute Gasteiger partial charge is 0.345 e. The lowest BCUT2D eigenvalue weighted by molar-refractivity contribution is 1.21. The van der Waals surface area contributed by atoms with Crippen molar-refractivity contribution < 1.29 is 0 Å². The first-order valence-corrected chi connectivity index (χ1v) is 46.4. The SMILES string of the molecule is CN(c1ccc(N(c2ccc3ccccc3c2)c2ccc3ccccc3c2)cc1)c1cc2ccccc2c2ccccc12.CN(c1ccc(N(c2ccc3ccccc3c2)c2ccc3ccccc3c2)cc1)c1ccc2c3cccc4cccc(c5cccc1c52)c43.CN(c1ccc(N(c2ccc3ccccc3c2)c2ccc3ccccc3c2)cc1)c1ccc2cc3ccccc3cc2c1. The summed E-state index contributed by atoms with van der Waals surface area (Å²) in [7, 11) is 6.48. The molecule has 0 spiro atoms. The average molecular weight is 1730 g/mol. The predicted octanol–water partition coefficient (Wildman–Crippen LogP) is 36.4. The number of nitrogens with zero attached hydrogens (tertiary/aromatic N) is 6. The first-order valence-electron chi connectivity index (χ1n) is 46.4. The average Bonchev–Trinajstić information content (AvgIpc) is 0.710. The molecule has 638 valence electrons. The molecular formula is C129H92N6. The fourth-order valence-corrected chi connectivity index (χ4v) is 20.5. The zero-order valence-electron chi connectivity index (χ0n) is 75.1. The van der Waals surface area contributed by atoms with E-state index in [0.29, 0.717) is 0 Å². The highest BCUT2D eigenvalue weighted by molar-refractivity contribution is 6.34. The molecule has 0 unspecified atom stereocenters. The zero-order chi connectivity index (χ0) is 90.0. The minimum Gasteiger partial charge on any atom is -0.345 e. The van der Waals surface area contributed by atoms with Crippen LogP contribution in [0.15, 0.2) is 504 Å². The van der Waals surface area contributed by atoms with E-state index in [0.717, 1.165) is 73.9 Å². The van der Waals surface area contributed by atoms with E-state index < -0.39 is 0 Å². The first-order chi connectivity index (χ1) is 66.6. The fraction of sp³-hybridized carbons (Fsp3) is 0.0233. The van der Waals surface area contributed by atoms with Gasteiger partial charge in [0.25, 0.3) is 0 Å². The number of hydrogen-bond donors (Lipinski definition) is 0. The number of rotatable bonds is 15. The molecule has 0 saturated heterocycles. The van der Waals surface area contributed by atoms with Gasteiger partial charge in [-0.25, -0.2) is 0 Å². The summed E-state index contributed by atoms with van der Waals surface area (Å²) in [5, 5.41) is 35.4. The van der Waals surface area contributed by atoms with Crippen LogP contribution >= 0.6 is 0 Å². The van der Waals surface area contributed by atoms with Crippen LogP contribution in [0.2, 0.25) is 0 Å². The van der Waals surface area contributed by atoms with Gasteiger partial charge in [-0.2, -0.15) is 0 Å². The second-order valence-corrected chi connectivity index (χ2v) is 35.4. The first kappa shape index (κ1) is 80.7. The van der Waals surface area contributed by atoms with Gasteiger partial charge in [0.05, 0.1) is 0 Å². The fourth-order valence-electron chi connectivity index (χ4n) is 20.5. The topological polar surface area (TPSA) is 19.4 Å². The Bertz CT molecular complexity index is 8750. The quantitative estimate of drug-likeness (QED) is 0.0747. The third kappa shape index (κ3) is 15.1. The van der Waals surface area contributed by atoms with E-state index in [1.54, 1.807) is 0 Å². The standard InChI is InChI=1S/C47H32N2.2C41H30N2/c1-48(45-28-27-43-41-16-7-14-33-13-6-15-40(46(33)41)42-17-8-18-44(45)47(42)43)36-23-25-37(26-24-36)49(38-21-19-31-9-2-4-11-34(31)29-38)39-22-20-32-10-3-5-12-35(32)30-39;1-42(41-28-33-14-6-7-15-38(33)39-16-8-9-17-40(39)41)34-22-24-35(25-23-34)43(36-20-18-29-10-2-4-12-31(29)26-36)37-21-19-30-11-3-5-13-32(30)27-37;1-42(39-17-16-35-24-31-10-6-7-11-32(31)25-36(35)28-39)37-20-22-38(23-21-37)43(40-18-14-29-8-2-4-12-33(29)26-40)41-19-15-30-9-3-5-13-34(30)27-41/h2-30H,1H3;2*2-28H,1H3. The van der Waals surface area contributed by atoms with Crippen LogP contribution in [0.5, 0.6) is 0 Å². The van der Waals surface area contributed by atoms with Crippen molar-refractivity contribution in [2.24, 2.45) is 0 Å². The van der Waals surface area contributed by atoms with E-state index >= 15 is 0 Å². The Hall–Kier alpha value is -17.6. The lowest BCUT2D eigenvalue weighted by atomic mass is 9.89. The second kappa shape index (κ2) is 34.4. The normalized spacial score (nSPS) is 11.5. The maximum absolute atomic E-state index is 2.36. The van der Waals surface area contributed by atoms with Crippen molar-refractivity contribution in [3.63, 3.8) is 0 Å². The molecule has 0 amide bonds. The molecule has 0 aromatic heterocycles. The molecule has 6 heteroatoms. The number of benzene rings is 26. The van der Waals surface area contributed by atoms with Crippen LogP contribution in [-0.2, 0) is 0 Å². The smallest absolute Gasteiger partial charge is 0.0494 e. The van der Waals surface area contributed by atoms with Gasteiger partial charge in [-0.3, -0.25) is 0 Å². The number of anilines is 15. The van der Waals surface area contributed by atoms with Crippen molar-refractivity contribution in [2.45, 2.75) is 0 Å². The molecule has 0 N–H and O–H groups in total. The molecule has 0 heterocycles. The van der Waals surface area contributed by atoms with E-state index in [2.05, 4.69) is 554 Å². The molecule has 0 aliphatic heterocycles. The molecule has 0 aliphatic rings. The highest BCUT2D eigenvalue weighted by Crippen LogP contribution is 2.48. The van der Waals surface area contributed by atoms with Crippen LogP contribution in [0.25, 0.3) is 151 Å². The van der Waals surface area contributed by atoms with Crippen LogP contribution < -0.4 is 29.4 Å². The Morgan fingerprint density at radius 1 is 0.111 bits per heavy atom. The summed E-state index contributed by atoms with van der Waals surface area (Å²) in [6, 6.07) is 183. The van der Waals surface area contributed by atoms with E-state index in [1.807, 2.05) is 0 Å². The minimum atomic E-state index is 1.12. The minimum absolute atomic E-state index is 1.12. The molecule has 26 rings (SSSR count). The Kier molecular flexibility index (Phi) is 20.5. The highest BCUT2D eigenvalue weighted by Gasteiger charge is 2.23. The maximum Gasteiger partial charge on any atom is 0.0494 e. The third-order valence-corrected chi connectivity index (χ3v) is 27.5. The van der Waals surface area contributed by atoms with Gasteiger partial charge in [-0.05, 0) is 322 Å². The summed E-state index contributed by atoms with van der Waals surface area (Å²) in [6.07, 6.45) is 0. The van der Waals surface area contributed by atoms with Crippen molar-refractivity contribution in [1.82, 2.24) is 0 Å². The van der Waals surface area contributed by atoms with Gasteiger partial charge in [-0.15, -0.1) is 0 Å². The van der Waals surface area contributed by atoms with E-state index in [9.17, 15) is 0 Å². The van der Waals surface area contributed by atoms with Gasteiger partial charge in [0.1, 0.15) is 0 Å². The van der Waals surface area contributed by atoms with E-state index in [4.69, 9.17) is 0 Å². The summed E-state index contributed by atoms with van der Waals surface area (Å²) >= 11 is 0. The molecule has 6 nitrogen and oxygen atoms in total. The molecule has 26 aromatic carbocycles. The van der Waals surface area contributed by atoms with Crippen molar-refractivity contribution >= 4 is 236 Å². The van der Waals surface area contributed by atoms with Crippen LogP contribution in [0.3, 0.4) is 0 Å². The van der Waals surface area contributed by atoms with Crippen LogP contribution in [-0.4, -0.2) is 21.1 Å². The number of hydrogen-bond acceptors (Lipinski definition) is 6. The van der Waals surface area contributed by atoms with Crippen LogP contribution in [0.1, 0.15) is 0 Å². The lowest BCUT2D eigenvalue weighted by Crippen LogP contribution is -2.12. The second-order valence-electron chi connectivity index (χ2n) is 35.4. The molecule has 0 saturated carbocycles. The Labute approximate surface area is 784 Å². The summed E-state index contributed by atoms with van der Waals surface area (Å²) in [4.78, 5) is 14.0. The molecule has 0 bridgehead atoms. The van der Waals surface area contributed by atoms with Gasteiger partial charge >= 0.3 is 0 Å². The summed E-state index contributed by atoms with van der Waals surface area (Å²) in [5.74, 6) is 0. The summed E-state index contributed by atoms with van der Waals surface area (Å²) < 4.78 is 0.